The minimum Gasteiger partial charge on any atom is -0.328 e. The Labute approximate surface area is 78.1 Å². The lowest BCUT2D eigenvalue weighted by Crippen LogP contribution is -2.47. The summed E-state index contributed by atoms with van der Waals surface area (Å²) in [5.74, 6) is 0. The lowest BCUT2D eigenvalue weighted by atomic mass is 10.1. The minimum atomic E-state index is -4.28. The van der Waals surface area contributed by atoms with E-state index in [0.29, 0.717) is 0 Å². The van der Waals surface area contributed by atoms with Gasteiger partial charge in [-0.25, -0.2) is 4.57 Å². The van der Waals surface area contributed by atoms with E-state index in [-0.39, 0.29) is 6.10 Å². The molecule has 1 rings (SSSR count). The first-order valence-corrected chi connectivity index (χ1v) is 5.87. The highest BCUT2D eigenvalue weighted by Crippen LogP contribution is 2.39. The Morgan fingerprint density at radius 3 is 2.15 bits per heavy atom. The zero-order chi connectivity index (χ0) is 10.1. The van der Waals surface area contributed by atoms with Crippen molar-refractivity contribution in [2.24, 2.45) is 0 Å². The predicted octanol–water partition coefficient (Wildman–Crippen LogP) is 0.334. The molecule has 0 radical (unpaired) electrons. The van der Waals surface area contributed by atoms with Gasteiger partial charge in [0.1, 0.15) is 0 Å². The number of quaternary nitrogens is 1. The second-order valence-electron chi connectivity index (χ2n) is 4.18. The molecule has 0 aromatic heterocycles. The molecule has 78 valence electrons. The number of piperidine rings is 1. The van der Waals surface area contributed by atoms with Crippen LogP contribution in [-0.2, 0) is 9.09 Å². The van der Waals surface area contributed by atoms with Crippen LogP contribution in [0.5, 0.6) is 0 Å². The maximum absolute atomic E-state index is 10.5. The van der Waals surface area contributed by atoms with Crippen LogP contribution in [0.3, 0.4) is 0 Å². The summed E-state index contributed by atoms with van der Waals surface area (Å²) < 4.78 is 16.1. The van der Waals surface area contributed by atoms with Crippen LogP contribution in [0.15, 0.2) is 0 Å². The molecule has 1 saturated heterocycles. The molecule has 0 amide bonds. The molecule has 1 aliphatic rings. The van der Waals surface area contributed by atoms with Gasteiger partial charge in [0.05, 0.1) is 33.3 Å². The number of hydrogen-bond acceptors (Lipinski definition) is 2. The number of likely N-dealkylation sites (tertiary alicyclic amines) is 1. The van der Waals surface area contributed by atoms with Gasteiger partial charge in [-0.15, -0.1) is 0 Å². The van der Waals surface area contributed by atoms with Gasteiger partial charge in [0.25, 0.3) is 0 Å². The molecule has 0 atom stereocenters. The smallest absolute Gasteiger partial charge is 0.328 e. The van der Waals surface area contributed by atoms with E-state index in [1.165, 1.54) is 0 Å². The Morgan fingerprint density at radius 1 is 1.31 bits per heavy atom. The van der Waals surface area contributed by atoms with Crippen LogP contribution in [-0.4, -0.2) is 47.6 Å². The molecule has 13 heavy (non-hydrogen) atoms. The first-order chi connectivity index (χ1) is 5.79. The average Bonchev–Trinajstić information content (AvgIpc) is 1.91. The van der Waals surface area contributed by atoms with Crippen molar-refractivity contribution in [1.29, 1.82) is 0 Å². The van der Waals surface area contributed by atoms with E-state index in [2.05, 4.69) is 18.6 Å². The number of hydrogen-bond donors (Lipinski definition) is 2. The van der Waals surface area contributed by atoms with Gasteiger partial charge in [-0.05, 0) is 0 Å². The molecule has 0 aromatic carbocycles. The lowest BCUT2D eigenvalue weighted by molar-refractivity contribution is -0.896. The molecule has 1 fully saturated rings. The van der Waals surface area contributed by atoms with Crippen LogP contribution in [0.25, 0.3) is 0 Å². The van der Waals surface area contributed by atoms with E-state index >= 15 is 0 Å². The van der Waals surface area contributed by atoms with E-state index < -0.39 is 7.82 Å². The number of phosphoric ester groups is 1. The normalized spacial score (nSPS) is 24.6. The second-order valence-corrected chi connectivity index (χ2v) is 5.37. The zero-order valence-corrected chi connectivity index (χ0v) is 8.91. The first-order valence-electron chi connectivity index (χ1n) is 4.34. The van der Waals surface area contributed by atoms with Crippen LogP contribution in [0, 0.1) is 0 Å². The lowest BCUT2D eigenvalue weighted by Gasteiger charge is -2.36. The van der Waals surface area contributed by atoms with Crippen LogP contribution >= 0.6 is 7.82 Å². The summed E-state index contributed by atoms with van der Waals surface area (Å²) in [6.07, 6.45) is 1.17. The fourth-order valence-corrected chi connectivity index (χ4v) is 2.14. The Hall–Kier alpha value is 0.0700. The molecule has 0 aromatic rings. The average molecular weight is 210 g/mol. The summed E-state index contributed by atoms with van der Waals surface area (Å²) in [6.45, 7) is 1.81. The van der Waals surface area contributed by atoms with Crippen molar-refractivity contribution in [3.05, 3.63) is 0 Å². The highest BCUT2D eigenvalue weighted by molar-refractivity contribution is 7.46. The standard InChI is InChI=1S/C7H16NO4P/c1-8(2)5-3-7(4-6-8)12-13(9,10)11/h7H,3-6H2,1-2H3,(H-,9,10,11)/p+1. The van der Waals surface area contributed by atoms with Gasteiger partial charge in [0.15, 0.2) is 0 Å². The third-order valence-electron chi connectivity index (χ3n) is 2.40. The fourth-order valence-electron chi connectivity index (χ4n) is 1.54. The number of rotatable bonds is 2. The molecule has 1 aliphatic heterocycles. The largest absolute Gasteiger partial charge is 0.469 e. The Bertz CT molecular complexity index is 215. The Kier molecular flexibility index (Phi) is 3.15. The molecule has 2 N–H and O–H groups in total. The van der Waals surface area contributed by atoms with Crippen LogP contribution in [0.4, 0.5) is 0 Å². The van der Waals surface area contributed by atoms with Gasteiger partial charge >= 0.3 is 7.82 Å². The van der Waals surface area contributed by atoms with Crippen molar-refractivity contribution in [3.63, 3.8) is 0 Å². The molecule has 0 bridgehead atoms. The van der Waals surface area contributed by atoms with Gasteiger partial charge in [-0.3, -0.25) is 4.52 Å². The van der Waals surface area contributed by atoms with E-state index in [1.807, 2.05) is 0 Å². The maximum atomic E-state index is 10.5. The third kappa shape index (κ3) is 4.20. The van der Waals surface area contributed by atoms with Crippen molar-refractivity contribution >= 4 is 7.82 Å². The van der Waals surface area contributed by atoms with E-state index in [4.69, 9.17) is 9.79 Å². The van der Waals surface area contributed by atoms with Crippen LogP contribution in [0.2, 0.25) is 0 Å². The highest BCUT2D eigenvalue weighted by atomic mass is 31.2. The molecular formula is C7H17NO4P+. The topological polar surface area (TPSA) is 66.8 Å². The summed E-state index contributed by atoms with van der Waals surface area (Å²) in [5, 5.41) is 0. The minimum absolute atomic E-state index is 0.271. The molecule has 6 heteroatoms. The summed E-state index contributed by atoms with van der Waals surface area (Å²) in [4.78, 5) is 17.2. The van der Waals surface area contributed by atoms with Crippen molar-refractivity contribution in [2.75, 3.05) is 27.2 Å². The second kappa shape index (κ2) is 3.67. The third-order valence-corrected chi connectivity index (χ3v) is 2.97. The number of phosphoric acid groups is 1. The highest BCUT2D eigenvalue weighted by Gasteiger charge is 2.30. The molecule has 0 saturated carbocycles. The van der Waals surface area contributed by atoms with E-state index in [1.54, 1.807) is 0 Å². The summed E-state index contributed by atoms with van der Waals surface area (Å²) >= 11 is 0. The summed E-state index contributed by atoms with van der Waals surface area (Å²) in [6, 6.07) is 0. The van der Waals surface area contributed by atoms with Crippen LogP contribution in [0.1, 0.15) is 12.8 Å². The molecule has 5 nitrogen and oxygen atoms in total. The summed E-state index contributed by atoms with van der Waals surface area (Å²) in [5.41, 5.74) is 0. The van der Waals surface area contributed by atoms with Gasteiger partial charge in [0.2, 0.25) is 0 Å². The Balaban J connectivity index is 2.38. The number of nitrogens with zero attached hydrogens (tertiary/aromatic N) is 1. The fraction of sp³-hybridized carbons (Fsp3) is 1.00. The van der Waals surface area contributed by atoms with Gasteiger partial charge in [0, 0.05) is 12.8 Å². The van der Waals surface area contributed by atoms with Gasteiger partial charge in [-0.2, -0.15) is 0 Å². The SMILES string of the molecule is C[N+]1(C)CCC(OP(=O)(O)O)CC1. The van der Waals surface area contributed by atoms with E-state index in [0.717, 1.165) is 30.4 Å². The van der Waals surface area contributed by atoms with Gasteiger partial charge < -0.3 is 14.3 Å². The molecule has 0 spiro atoms. The van der Waals surface area contributed by atoms with Crippen molar-refractivity contribution in [3.8, 4) is 0 Å². The van der Waals surface area contributed by atoms with E-state index in [9.17, 15) is 4.57 Å². The quantitative estimate of drug-likeness (QED) is 0.509. The first kappa shape index (κ1) is 11.1. The predicted molar refractivity (Wildman–Crippen MR) is 48.0 cm³/mol. The van der Waals surface area contributed by atoms with Crippen molar-refractivity contribution in [2.45, 2.75) is 18.9 Å². The molecular weight excluding hydrogens is 193 g/mol. The maximum Gasteiger partial charge on any atom is 0.469 e. The van der Waals surface area contributed by atoms with Gasteiger partial charge in [-0.1, -0.05) is 0 Å². The molecule has 0 aliphatic carbocycles. The zero-order valence-electron chi connectivity index (χ0n) is 8.01. The summed E-state index contributed by atoms with van der Waals surface area (Å²) in [7, 11) is -0.0732. The van der Waals surface area contributed by atoms with Crippen molar-refractivity contribution < 1.29 is 23.4 Å². The molecule has 1 heterocycles. The van der Waals surface area contributed by atoms with Crippen molar-refractivity contribution in [1.82, 2.24) is 0 Å². The van der Waals surface area contributed by atoms with Crippen LogP contribution < -0.4 is 0 Å². The molecule has 0 unspecified atom stereocenters. The Morgan fingerprint density at radius 2 is 1.77 bits per heavy atom. The monoisotopic (exact) mass is 210 g/mol.